The minimum absolute atomic E-state index is 1.10. The van der Waals surface area contributed by atoms with E-state index in [1.165, 1.54) is 11.4 Å². The van der Waals surface area contributed by atoms with Crippen molar-refractivity contribution >= 4 is 0 Å². The van der Waals surface area contributed by atoms with Crippen LogP contribution in [0.1, 0.15) is 18.3 Å². The van der Waals surface area contributed by atoms with E-state index in [4.69, 9.17) is 0 Å². The highest BCUT2D eigenvalue weighted by atomic mass is 14.7. The van der Waals surface area contributed by atoms with Crippen molar-refractivity contribution in [1.29, 1.82) is 0 Å². The van der Waals surface area contributed by atoms with Gasteiger partial charge >= 0.3 is 0 Å². The minimum atomic E-state index is 1.10. The molecule has 0 saturated heterocycles. The highest BCUT2D eigenvalue weighted by molar-refractivity contribution is 5.10. The van der Waals surface area contributed by atoms with Crippen molar-refractivity contribution in [3.05, 3.63) is 23.5 Å². The number of rotatable bonds is 1. The quantitative estimate of drug-likeness (QED) is 0.566. The highest BCUT2D eigenvalue weighted by Gasteiger charge is 1.87. The fourth-order valence-electron chi connectivity index (χ4n) is 0.768. The van der Waals surface area contributed by atoms with Crippen LogP contribution in [0, 0.1) is 6.92 Å². The van der Waals surface area contributed by atoms with Crippen molar-refractivity contribution in [2.24, 2.45) is 0 Å². The first-order chi connectivity index (χ1) is 3.83. The summed E-state index contributed by atoms with van der Waals surface area (Å²) in [6, 6.07) is 4.22. The van der Waals surface area contributed by atoms with E-state index in [1.54, 1.807) is 0 Å². The van der Waals surface area contributed by atoms with Crippen LogP contribution in [0.4, 0.5) is 0 Å². The van der Waals surface area contributed by atoms with Crippen LogP contribution < -0.4 is 0 Å². The molecule has 1 aromatic heterocycles. The van der Waals surface area contributed by atoms with Gasteiger partial charge in [0.1, 0.15) is 0 Å². The Balaban J connectivity index is 2.84. The summed E-state index contributed by atoms with van der Waals surface area (Å²) in [5.41, 5.74) is 2.57. The molecule has 44 valence electrons. The summed E-state index contributed by atoms with van der Waals surface area (Å²) in [7, 11) is 0. The molecule has 0 saturated carbocycles. The predicted octanol–water partition coefficient (Wildman–Crippen LogP) is 1.89. The van der Waals surface area contributed by atoms with E-state index >= 15 is 0 Å². The Bertz CT molecular complexity index is 165. The molecular formula is C7H11N. The smallest absolute Gasteiger partial charge is 0.0146 e. The summed E-state index contributed by atoms with van der Waals surface area (Å²) >= 11 is 0. The average Bonchev–Trinajstić information content (AvgIpc) is 2.14. The molecule has 0 bridgehead atoms. The zero-order valence-corrected chi connectivity index (χ0v) is 5.36. The zero-order chi connectivity index (χ0) is 5.98. The molecular weight excluding hydrogens is 98.1 g/mol. The van der Waals surface area contributed by atoms with Gasteiger partial charge in [0.25, 0.3) is 0 Å². The van der Waals surface area contributed by atoms with Gasteiger partial charge in [0.15, 0.2) is 0 Å². The molecule has 0 aliphatic heterocycles. The molecule has 0 spiro atoms. The van der Waals surface area contributed by atoms with Crippen molar-refractivity contribution in [3.63, 3.8) is 0 Å². The van der Waals surface area contributed by atoms with E-state index in [-0.39, 0.29) is 0 Å². The van der Waals surface area contributed by atoms with Crippen LogP contribution in [0.5, 0.6) is 0 Å². The van der Waals surface area contributed by atoms with Gasteiger partial charge in [-0.05, 0) is 25.5 Å². The summed E-state index contributed by atoms with van der Waals surface area (Å²) < 4.78 is 0. The van der Waals surface area contributed by atoms with Crippen molar-refractivity contribution in [1.82, 2.24) is 4.98 Å². The third-order valence-electron chi connectivity index (χ3n) is 1.27. The largest absolute Gasteiger partial charge is 0.363 e. The van der Waals surface area contributed by atoms with Gasteiger partial charge in [0, 0.05) is 11.4 Å². The van der Waals surface area contributed by atoms with Crippen LogP contribution in [0.3, 0.4) is 0 Å². The topological polar surface area (TPSA) is 15.8 Å². The molecule has 0 aliphatic rings. The molecule has 1 N–H and O–H groups in total. The number of nitrogens with one attached hydrogen (secondary N) is 1. The van der Waals surface area contributed by atoms with E-state index < -0.39 is 0 Å². The lowest BCUT2D eigenvalue weighted by Crippen LogP contribution is -1.76. The summed E-state index contributed by atoms with van der Waals surface area (Å²) in [4.78, 5) is 3.23. The summed E-state index contributed by atoms with van der Waals surface area (Å²) in [5.74, 6) is 0. The SMILES string of the molecule is CCc1ccc(C)[nH]1. The molecule has 0 aromatic carbocycles. The van der Waals surface area contributed by atoms with Crippen LogP contribution in [-0.4, -0.2) is 4.98 Å². The van der Waals surface area contributed by atoms with Gasteiger partial charge in [0.05, 0.1) is 0 Å². The molecule has 0 fully saturated rings. The standard InChI is InChI=1S/C7H11N/c1-3-7-5-4-6(2)8-7/h4-5,8H,3H2,1-2H3. The molecule has 0 amide bonds. The number of hydrogen-bond donors (Lipinski definition) is 1. The Morgan fingerprint density at radius 2 is 2.25 bits per heavy atom. The molecule has 1 nitrogen and oxygen atoms in total. The second-order valence-corrected chi connectivity index (χ2v) is 2.02. The van der Waals surface area contributed by atoms with E-state index in [2.05, 4.69) is 31.0 Å². The van der Waals surface area contributed by atoms with Crippen LogP contribution in [0.25, 0.3) is 0 Å². The monoisotopic (exact) mass is 109 g/mol. The van der Waals surface area contributed by atoms with Crippen molar-refractivity contribution in [2.75, 3.05) is 0 Å². The second-order valence-electron chi connectivity index (χ2n) is 2.02. The third kappa shape index (κ3) is 0.915. The maximum absolute atomic E-state index is 3.23. The average molecular weight is 109 g/mol. The van der Waals surface area contributed by atoms with Crippen LogP contribution >= 0.6 is 0 Å². The molecule has 0 radical (unpaired) electrons. The van der Waals surface area contributed by atoms with Gasteiger partial charge in [0.2, 0.25) is 0 Å². The molecule has 1 aromatic rings. The first kappa shape index (κ1) is 5.42. The molecule has 0 aliphatic carbocycles. The fourth-order valence-corrected chi connectivity index (χ4v) is 0.768. The van der Waals surface area contributed by atoms with Gasteiger partial charge in [-0.15, -0.1) is 0 Å². The fraction of sp³-hybridized carbons (Fsp3) is 0.429. The van der Waals surface area contributed by atoms with Crippen molar-refractivity contribution in [3.8, 4) is 0 Å². The first-order valence-electron chi connectivity index (χ1n) is 2.97. The van der Waals surface area contributed by atoms with Gasteiger partial charge in [-0.25, -0.2) is 0 Å². The maximum atomic E-state index is 3.23. The van der Waals surface area contributed by atoms with Gasteiger partial charge < -0.3 is 4.98 Å². The minimum Gasteiger partial charge on any atom is -0.363 e. The van der Waals surface area contributed by atoms with E-state index in [0.717, 1.165) is 6.42 Å². The molecule has 1 heteroatoms. The summed E-state index contributed by atoms with van der Waals surface area (Å²) in [6.45, 7) is 4.21. The normalized spacial score (nSPS) is 9.75. The lowest BCUT2D eigenvalue weighted by Gasteiger charge is -1.84. The summed E-state index contributed by atoms with van der Waals surface area (Å²) in [6.07, 6.45) is 1.10. The third-order valence-corrected chi connectivity index (χ3v) is 1.27. The van der Waals surface area contributed by atoms with Gasteiger partial charge in [-0.1, -0.05) is 6.92 Å². The van der Waals surface area contributed by atoms with E-state index in [1.807, 2.05) is 0 Å². The van der Waals surface area contributed by atoms with E-state index in [9.17, 15) is 0 Å². The van der Waals surface area contributed by atoms with Gasteiger partial charge in [-0.3, -0.25) is 0 Å². The number of aryl methyl sites for hydroxylation is 2. The molecule has 0 unspecified atom stereocenters. The Morgan fingerprint density at radius 3 is 2.50 bits per heavy atom. The first-order valence-corrected chi connectivity index (χ1v) is 2.97. The summed E-state index contributed by atoms with van der Waals surface area (Å²) in [5, 5.41) is 0. The van der Waals surface area contributed by atoms with Crippen molar-refractivity contribution < 1.29 is 0 Å². The molecule has 1 rings (SSSR count). The lowest BCUT2D eigenvalue weighted by atomic mass is 10.3. The Kier molecular flexibility index (Phi) is 1.38. The lowest BCUT2D eigenvalue weighted by molar-refractivity contribution is 1.04. The maximum Gasteiger partial charge on any atom is 0.0146 e. The Morgan fingerprint density at radius 1 is 1.50 bits per heavy atom. The number of aromatic amines is 1. The van der Waals surface area contributed by atoms with Crippen LogP contribution in [0.15, 0.2) is 12.1 Å². The zero-order valence-electron chi connectivity index (χ0n) is 5.36. The van der Waals surface area contributed by atoms with Crippen molar-refractivity contribution in [2.45, 2.75) is 20.3 Å². The van der Waals surface area contributed by atoms with Crippen LogP contribution in [-0.2, 0) is 6.42 Å². The predicted molar refractivity (Wildman–Crippen MR) is 34.9 cm³/mol. The van der Waals surface area contributed by atoms with E-state index in [0.29, 0.717) is 0 Å². The number of H-pyrrole nitrogens is 1. The van der Waals surface area contributed by atoms with Crippen LogP contribution in [0.2, 0.25) is 0 Å². The number of aromatic nitrogens is 1. The number of hydrogen-bond acceptors (Lipinski definition) is 0. The molecule has 0 atom stereocenters. The van der Waals surface area contributed by atoms with Gasteiger partial charge in [-0.2, -0.15) is 0 Å². The second kappa shape index (κ2) is 2.03. The Hall–Kier alpha value is -0.720. The Labute approximate surface area is 49.7 Å². The molecule has 8 heavy (non-hydrogen) atoms. The highest BCUT2D eigenvalue weighted by Crippen LogP contribution is 1.99. The molecule has 1 heterocycles.